The zero-order chi connectivity index (χ0) is 21.0. The topological polar surface area (TPSA) is 55.8 Å². The number of benzene rings is 2. The number of nitrogens with zero attached hydrogens (tertiary/aromatic N) is 1. The van der Waals surface area contributed by atoms with Gasteiger partial charge in [0.2, 0.25) is 0 Å². The van der Waals surface area contributed by atoms with E-state index in [4.69, 9.17) is 9.47 Å². The second kappa shape index (κ2) is 8.74. The molecule has 1 fully saturated rings. The second-order valence-electron chi connectivity index (χ2n) is 8.00. The number of esters is 1. The van der Waals surface area contributed by atoms with E-state index in [1.54, 1.807) is 4.90 Å². The van der Waals surface area contributed by atoms with Crippen molar-refractivity contribution in [3.05, 3.63) is 77.4 Å². The Morgan fingerprint density at radius 3 is 2.40 bits per heavy atom. The van der Waals surface area contributed by atoms with Crippen LogP contribution in [0.4, 0.5) is 4.79 Å². The Kier molecular flexibility index (Phi) is 5.88. The van der Waals surface area contributed by atoms with E-state index in [9.17, 15) is 9.59 Å². The van der Waals surface area contributed by atoms with Crippen LogP contribution in [0.3, 0.4) is 0 Å². The first-order valence-electron chi connectivity index (χ1n) is 10.5. The van der Waals surface area contributed by atoms with Gasteiger partial charge >= 0.3 is 12.1 Å². The summed E-state index contributed by atoms with van der Waals surface area (Å²) >= 11 is 0. The van der Waals surface area contributed by atoms with Crippen molar-refractivity contribution >= 4 is 17.6 Å². The van der Waals surface area contributed by atoms with Gasteiger partial charge in [-0.25, -0.2) is 9.59 Å². The number of carbonyl (C=O) groups excluding carboxylic acids is 2. The lowest BCUT2D eigenvalue weighted by Gasteiger charge is -2.42. The van der Waals surface area contributed by atoms with Crippen LogP contribution in [0.1, 0.15) is 36.5 Å². The van der Waals surface area contributed by atoms with Crippen LogP contribution in [-0.4, -0.2) is 36.7 Å². The number of carbonyl (C=O) groups is 2. The van der Waals surface area contributed by atoms with Gasteiger partial charge in [0.25, 0.3) is 0 Å². The highest BCUT2D eigenvalue weighted by atomic mass is 16.6. The highest BCUT2D eigenvalue weighted by Gasteiger charge is 2.39. The molecule has 0 saturated carbocycles. The summed E-state index contributed by atoms with van der Waals surface area (Å²) in [6.07, 6.45) is 4.29. The van der Waals surface area contributed by atoms with Gasteiger partial charge in [0, 0.05) is 13.1 Å². The van der Waals surface area contributed by atoms with Gasteiger partial charge in [0.05, 0.1) is 12.2 Å². The van der Waals surface area contributed by atoms with Crippen molar-refractivity contribution in [3.8, 4) is 0 Å². The zero-order valence-corrected chi connectivity index (χ0v) is 17.3. The van der Waals surface area contributed by atoms with E-state index in [-0.39, 0.29) is 24.1 Å². The molecule has 2 aromatic rings. The summed E-state index contributed by atoms with van der Waals surface area (Å²) in [5.41, 5.74) is 3.63. The Morgan fingerprint density at radius 1 is 0.967 bits per heavy atom. The maximum Gasteiger partial charge on any atom is 0.410 e. The zero-order valence-electron chi connectivity index (χ0n) is 17.3. The van der Waals surface area contributed by atoms with Crippen LogP contribution in [0.15, 0.2) is 60.7 Å². The van der Waals surface area contributed by atoms with Gasteiger partial charge in [-0.3, -0.25) is 0 Å². The minimum Gasteiger partial charge on any atom is -0.462 e. The third-order valence-corrected chi connectivity index (χ3v) is 6.02. The third kappa shape index (κ3) is 4.25. The number of hydrogen-bond acceptors (Lipinski definition) is 4. The molecule has 5 nitrogen and oxygen atoms in total. The van der Waals surface area contributed by atoms with Gasteiger partial charge in [-0.15, -0.1) is 0 Å². The molecule has 0 radical (unpaired) electrons. The first kappa shape index (κ1) is 20.2. The molecule has 1 saturated heterocycles. The number of amides is 1. The fourth-order valence-electron chi connectivity index (χ4n) is 4.40. The standard InChI is InChI=1S/C25H27NO4/c1-2-29-23(27)22-17-25(16-20-10-6-7-11-21(20)22)12-14-26(15-13-25)24(28)30-18-19-8-4-3-5-9-19/h3-11,17H,2,12-16,18H2,1H3. The lowest BCUT2D eigenvalue weighted by molar-refractivity contribution is -0.136. The van der Waals surface area contributed by atoms with Crippen LogP contribution in [0.5, 0.6) is 0 Å². The average molecular weight is 405 g/mol. The first-order valence-corrected chi connectivity index (χ1v) is 10.5. The Bertz CT molecular complexity index is 943. The Hall–Kier alpha value is -3.08. The van der Waals surface area contributed by atoms with Gasteiger partial charge in [-0.1, -0.05) is 60.7 Å². The molecule has 0 unspecified atom stereocenters. The van der Waals surface area contributed by atoms with Crippen molar-refractivity contribution in [1.29, 1.82) is 0 Å². The predicted octanol–water partition coefficient (Wildman–Crippen LogP) is 4.61. The number of rotatable bonds is 4. The smallest absolute Gasteiger partial charge is 0.410 e. The molecular formula is C25H27NO4. The molecule has 5 heteroatoms. The van der Waals surface area contributed by atoms with Gasteiger partial charge in [0.15, 0.2) is 0 Å². The van der Waals surface area contributed by atoms with Crippen molar-refractivity contribution in [3.63, 3.8) is 0 Å². The molecule has 0 N–H and O–H groups in total. The molecule has 0 bridgehead atoms. The minimum absolute atomic E-state index is 0.132. The van der Waals surface area contributed by atoms with E-state index in [2.05, 4.69) is 12.1 Å². The van der Waals surface area contributed by atoms with Gasteiger partial charge in [-0.05, 0) is 48.3 Å². The van der Waals surface area contributed by atoms with Crippen LogP contribution in [0.25, 0.3) is 5.57 Å². The molecule has 1 heterocycles. The molecule has 1 amide bonds. The van der Waals surface area contributed by atoms with Crippen molar-refractivity contribution in [2.75, 3.05) is 19.7 Å². The van der Waals surface area contributed by atoms with E-state index in [0.29, 0.717) is 25.3 Å². The molecular weight excluding hydrogens is 378 g/mol. The van der Waals surface area contributed by atoms with E-state index >= 15 is 0 Å². The molecule has 1 aliphatic heterocycles. The van der Waals surface area contributed by atoms with E-state index in [1.165, 1.54) is 5.56 Å². The van der Waals surface area contributed by atoms with Crippen LogP contribution in [0.2, 0.25) is 0 Å². The Labute approximate surface area is 177 Å². The number of likely N-dealkylation sites (tertiary alicyclic amines) is 1. The largest absolute Gasteiger partial charge is 0.462 e. The number of allylic oxidation sites excluding steroid dienone is 1. The van der Waals surface area contributed by atoms with E-state index in [0.717, 1.165) is 30.4 Å². The minimum atomic E-state index is -0.278. The number of hydrogen-bond donors (Lipinski definition) is 0. The maximum atomic E-state index is 12.6. The van der Waals surface area contributed by atoms with Crippen molar-refractivity contribution in [1.82, 2.24) is 4.90 Å². The lowest BCUT2D eigenvalue weighted by atomic mass is 9.68. The fourth-order valence-corrected chi connectivity index (χ4v) is 4.40. The number of piperidine rings is 1. The molecule has 2 aliphatic rings. The van der Waals surface area contributed by atoms with Crippen molar-refractivity contribution in [2.45, 2.75) is 32.8 Å². The fraction of sp³-hybridized carbons (Fsp3) is 0.360. The Morgan fingerprint density at radius 2 is 1.67 bits per heavy atom. The molecule has 1 spiro atoms. The summed E-state index contributed by atoms with van der Waals surface area (Å²) in [7, 11) is 0. The molecule has 0 aromatic heterocycles. The lowest BCUT2D eigenvalue weighted by Crippen LogP contribution is -2.44. The summed E-state index contributed by atoms with van der Waals surface area (Å²) in [5.74, 6) is -0.270. The Balaban J connectivity index is 1.44. The van der Waals surface area contributed by atoms with Crippen LogP contribution in [0, 0.1) is 5.41 Å². The van der Waals surface area contributed by atoms with Gasteiger partial charge < -0.3 is 14.4 Å². The van der Waals surface area contributed by atoms with Crippen LogP contribution >= 0.6 is 0 Å². The average Bonchev–Trinajstić information content (AvgIpc) is 2.78. The molecule has 2 aromatic carbocycles. The normalized spacial score (nSPS) is 17.1. The summed E-state index contributed by atoms with van der Waals surface area (Å²) in [6.45, 7) is 3.68. The quantitative estimate of drug-likeness (QED) is 0.697. The molecule has 1 aliphatic carbocycles. The van der Waals surface area contributed by atoms with Crippen LogP contribution in [-0.2, 0) is 27.3 Å². The monoisotopic (exact) mass is 405 g/mol. The van der Waals surface area contributed by atoms with Crippen molar-refractivity contribution in [2.24, 2.45) is 5.41 Å². The second-order valence-corrected chi connectivity index (χ2v) is 8.00. The summed E-state index contributed by atoms with van der Waals surface area (Å²) < 4.78 is 10.8. The number of ether oxygens (including phenoxy) is 2. The predicted molar refractivity (Wildman–Crippen MR) is 115 cm³/mol. The first-order chi connectivity index (χ1) is 14.6. The molecule has 156 valence electrons. The third-order valence-electron chi connectivity index (χ3n) is 6.02. The van der Waals surface area contributed by atoms with E-state index in [1.807, 2.05) is 55.5 Å². The molecule has 30 heavy (non-hydrogen) atoms. The maximum absolute atomic E-state index is 12.6. The van der Waals surface area contributed by atoms with Crippen molar-refractivity contribution < 1.29 is 19.1 Å². The summed E-state index contributed by atoms with van der Waals surface area (Å²) in [4.78, 5) is 26.9. The molecule has 4 rings (SSSR count). The van der Waals surface area contributed by atoms with E-state index < -0.39 is 0 Å². The highest BCUT2D eigenvalue weighted by molar-refractivity contribution is 6.17. The van der Waals surface area contributed by atoms with Gasteiger partial charge in [-0.2, -0.15) is 0 Å². The number of fused-ring (bicyclic) bond motifs is 1. The van der Waals surface area contributed by atoms with Gasteiger partial charge in [0.1, 0.15) is 6.61 Å². The highest BCUT2D eigenvalue weighted by Crippen LogP contribution is 2.44. The summed E-state index contributed by atoms with van der Waals surface area (Å²) in [6, 6.07) is 17.7. The van der Waals surface area contributed by atoms with Crippen LogP contribution < -0.4 is 0 Å². The SMILES string of the molecule is CCOC(=O)C1=CC2(CCN(C(=O)OCc3ccccc3)CC2)Cc2ccccc21. The summed E-state index contributed by atoms with van der Waals surface area (Å²) in [5, 5.41) is 0. The molecule has 0 atom stereocenters.